The fraction of sp³-hybridized carbons (Fsp3) is 0.438. The fourth-order valence-electron chi connectivity index (χ4n) is 2.32. The van der Waals surface area contributed by atoms with Crippen LogP contribution >= 0.6 is 11.6 Å². The maximum atomic E-state index is 10.4. The summed E-state index contributed by atoms with van der Waals surface area (Å²) >= 11 is 6.31. The molecule has 0 saturated carbocycles. The Labute approximate surface area is 125 Å². The van der Waals surface area contributed by atoms with Crippen molar-refractivity contribution in [2.75, 3.05) is 0 Å². The first-order chi connectivity index (χ1) is 9.56. The molecule has 2 aromatic rings. The molecular weight excluding hydrogens is 272 g/mol. The second-order valence-electron chi connectivity index (χ2n) is 5.00. The molecule has 0 bridgehead atoms. The van der Waals surface area contributed by atoms with Crippen LogP contribution in [0.15, 0.2) is 24.3 Å². The minimum absolute atomic E-state index is 0.480. The van der Waals surface area contributed by atoms with Crippen molar-refractivity contribution in [3.8, 4) is 0 Å². The molecule has 20 heavy (non-hydrogen) atoms. The number of rotatable bonds is 5. The predicted octanol–water partition coefficient (Wildman–Crippen LogP) is 3.47. The maximum Gasteiger partial charge on any atom is 0.0850 e. The van der Waals surface area contributed by atoms with Crippen LogP contribution in [0.3, 0.4) is 0 Å². The number of aliphatic hydroxyl groups is 1. The summed E-state index contributed by atoms with van der Waals surface area (Å²) in [5.74, 6) is 0. The van der Waals surface area contributed by atoms with Gasteiger partial charge in [0.15, 0.2) is 0 Å². The summed E-state index contributed by atoms with van der Waals surface area (Å²) < 4.78 is 1.77. The van der Waals surface area contributed by atoms with Crippen molar-refractivity contribution in [2.45, 2.75) is 39.2 Å². The molecule has 1 unspecified atom stereocenters. The van der Waals surface area contributed by atoms with Crippen LogP contribution in [0.4, 0.5) is 0 Å². The van der Waals surface area contributed by atoms with Crippen LogP contribution in [-0.2, 0) is 26.3 Å². The predicted molar refractivity (Wildman–Crippen MR) is 82.1 cm³/mol. The van der Waals surface area contributed by atoms with Gasteiger partial charge in [-0.1, -0.05) is 49.7 Å². The van der Waals surface area contributed by atoms with Crippen molar-refractivity contribution in [2.24, 2.45) is 7.05 Å². The summed E-state index contributed by atoms with van der Waals surface area (Å²) in [4.78, 5) is 0. The van der Waals surface area contributed by atoms with Gasteiger partial charge in [-0.25, -0.2) is 0 Å². The van der Waals surface area contributed by atoms with E-state index in [0.29, 0.717) is 11.4 Å². The Balaban J connectivity index is 2.18. The minimum atomic E-state index is -0.557. The fourth-order valence-corrected chi connectivity index (χ4v) is 2.69. The van der Waals surface area contributed by atoms with E-state index in [1.807, 2.05) is 26.1 Å². The molecule has 1 N–H and O–H groups in total. The van der Waals surface area contributed by atoms with E-state index in [2.05, 4.69) is 24.2 Å². The molecule has 1 aromatic heterocycles. The van der Waals surface area contributed by atoms with Crippen molar-refractivity contribution < 1.29 is 5.11 Å². The van der Waals surface area contributed by atoms with Gasteiger partial charge >= 0.3 is 0 Å². The lowest BCUT2D eigenvalue weighted by molar-refractivity contribution is 0.176. The van der Waals surface area contributed by atoms with E-state index in [9.17, 15) is 5.11 Å². The Hall–Kier alpha value is -1.32. The van der Waals surface area contributed by atoms with E-state index in [0.717, 1.165) is 29.8 Å². The Morgan fingerprint density at radius 2 is 1.85 bits per heavy atom. The molecular formula is C16H21ClN2O. The van der Waals surface area contributed by atoms with Gasteiger partial charge in [0.2, 0.25) is 0 Å². The van der Waals surface area contributed by atoms with Gasteiger partial charge in [-0.05, 0) is 24.0 Å². The zero-order chi connectivity index (χ0) is 14.7. The maximum absolute atomic E-state index is 10.4. The summed E-state index contributed by atoms with van der Waals surface area (Å²) in [7, 11) is 1.87. The van der Waals surface area contributed by atoms with Gasteiger partial charge in [0.05, 0.1) is 22.5 Å². The van der Waals surface area contributed by atoms with Crippen molar-refractivity contribution in [1.82, 2.24) is 9.78 Å². The Kier molecular flexibility index (Phi) is 4.84. The lowest BCUT2D eigenvalue weighted by atomic mass is 10.0. The molecule has 108 valence electrons. The molecule has 0 aliphatic heterocycles. The van der Waals surface area contributed by atoms with Crippen LogP contribution in [0.1, 0.15) is 42.5 Å². The topological polar surface area (TPSA) is 38.1 Å². The second-order valence-corrected chi connectivity index (χ2v) is 5.38. The van der Waals surface area contributed by atoms with Crippen LogP contribution in [0.25, 0.3) is 0 Å². The van der Waals surface area contributed by atoms with Crippen LogP contribution in [0, 0.1) is 0 Å². The van der Waals surface area contributed by atoms with Gasteiger partial charge in [-0.3, -0.25) is 4.68 Å². The van der Waals surface area contributed by atoms with Gasteiger partial charge in [0.25, 0.3) is 0 Å². The zero-order valence-electron chi connectivity index (χ0n) is 12.2. The van der Waals surface area contributed by atoms with Crippen LogP contribution < -0.4 is 0 Å². The first kappa shape index (κ1) is 15.1. The molecule has 0 spiro atoms. The monoisotopic (exact) mass is 292 g/mol. The standard InChI is InChI=1S/C16H21ClN2O/c1-4-11-6-8-12(9-7-11)15(20)10-14-16(17)13(5-2)18-19(14)3/h6-9,15,20H,4-5,10H2,1-3H3. The number of aryl methyl sites for hydroxylation is 3. The van der Waals surface area contributed by atoms with Crippen molar-refractivity contribution in [1.29, 1.82) is 0 Å². The summed E-state index contributed by atoms with van der Waals surface area (Å²) in [5, 5.41) is 15.4. The largest absolute Gasteiger partial charge is 0.388 e. The van der Waals surface area contributed by atoms with Gasteiger partial charge in [-0.2, -0.15) is 5.10 Å². The Morgan fingerprint density at radius 3 is 2.35 bits per heavy atom. The number of halogens is 1. The molecule has 0 radical (unpaired) electrons. The molecule has 2 rings (SSSR count). The van der Waals surface area contributed by atoms with Crippen LogP contribution in [-0.4, -0.2) is 14.9 Å². The number of nitrogens with zero attached hydrogens (tertiary/aromatic N) is 2. The van der Waals surface area contributed by atoms with E-state index in [1.54, 1.807) is 4.68 Å². The third-order valence-electron chi connectivity index (χ3n) is 3.66. The molecule has 0 fully saturated rings. The number of hydrogen-bond donors (Lipinski definition) is 1. The average molecular weight is 293 g/mol. The smallest absolute Gasteiger partial charge is 0.0850 e. The number of aliphatic hydroxyl groups excluding tert-OH is 1. The van der Waals surface area contributed by atoms with E-state index >= 15 is 0 Å². The van der Waals surface area contributed by atoms with E-state index in [1.165, 1.54) is 5.56 Å². The molecule has 4 heteroatoms. The molecule has 3 nitrogen and oxygen atoms in total. The summed E-state index contributed by atoms with van der Waals surface area (Å²) in [6, 6.07) is 8.07. The third-order valence-corrected chi connectivity index (χ3v) is 4.10. The summed E-state index contributed by atoms with van der Waals surface area (Å²) in [6.45, 7) is 4.14. The summed E-state index contributed by atoms with van der Waals surface area (Å²) in [6.07, 6.45) is 1.73. The molecule has 0 saturated heterocycles. The molecule has 1 heterocycles. The molecule has 0 aliphatic rings. The van der Waals surface area contributed by atoms with Crippen molar-refractivity contribution in [3.05, 3.63) is 51.8 Å². The van der Waals surface area contributed by atoms with Crippen molar-refractivity contribution in [3.63, 3.8) is 0 Å². The molecule has 1 atom stereocenters. The van der Waals surface area contributed by atoms with E-state index in [-0.39, 0.29) is 0 Å². The van der Waals surface area contributed by atoms with Gasteiger partial charge in [0, 0.05) is 13.5 Å². The molecule has 0 aliphatic carbocycles. The lowest BCUT2D eigenvalue weighted by Gasteiger charge is -2.12. The molecule has 0 amide bonds. The van der Waals surface area contributed by atoms with Gasteiger partial charge in [0.1, 0.15) is 0 Å². The van der Waals surface area contributed by atoms with Gasteiger partial charge < -0.3 is 5.11 Å². The Bertz CT molecular complexity index is 575. The Morgan fingerprint density at radius 1 is 1.20 bits per heavy atom. The number of benzene rings is 1. The SMILES string of the molecule is CCc1ccc(C(O)Cc2c(Cl)c(CC)nn2C)cc1. The van der Waals surface area contributed by atoms with E-state index in [4.69, 9.17) is 11.6 Å². The normalized spacial score (nSPS) is 12.7. The minimum Gasteiger partial charge on any atom is -0.388 e. The quantitative estimate of drug-likeness (QED) is 0.916. The second kappa shape index (κ2) is 6.42. The van der Waals surface area contributed by atoms with Crippen molar-refractivity contribution >= 4 is 11.6 Å². The third kappa shape index (κ3) is 3.05. The lowest BCUT2D eigenvalue weighted by Crippen LogP contribution is -2.07. The van der Waals surface area contributed by atoms with E-state index < -0.39 is 6.10 Å². The number of hydrogen-bond acceptors (Lipinski definition) is 2. The highest BCUT2D eigenvalue weighted by Gasteiger charge is 2.17. The first-order valence-corrected chi connectivity index (χ1v) is 7.41. The number of aromatic nitrogens is 2. The zero-order valence-corrected chi connectivity index (χ0v) is 13.0. The highest BCUT2D eigenvalue weighted by Crippen LogP contribution is 2.26. The first-order valence-electron chi connectivity index (χ1n) is 7.03. The highest BCUT2D eigenvalue weighted by atomic mass is 35.5. The van der Waals surface area contributed by atoms with Gasteiger partial charge in [-0.15, -0.1) is 0 Å². The summed E-state index contributed by atoms with van der Waals surface area (Å²) in [5.41, 5.74) is 3.96. The molecule has 1 aromatic carbocycles. The van der Waals surface area contributed by atoms with Crippen LogP contribution in [0.5, 0.6) is 0 Å². The highest BCUT2D eigenvalue weighted by molar-refractivity contribution is 6.31. The van der Waals surface area contributed by atoms with Crippen LogP contribution in [0.2, 0.25) is 5.02 Å². The average Bonchev–Trinajstić information content (AvgIpc) is 2.74.